The fourth-order valence-corrected chi connectivity index (χ4v) is 3.62. The molecule has 11 heteroatoms. The number of aromatic nitrogens is 2. The van der Waals surface area contributed by atoms with Crippen LogP contribution in [0.25, 0.3) is 5.69 Å². The Balaban J connectivity index is 1.90. The molecule has 3 N–H and O–H groups in total. The number of primary amides is 1. The third kappa shape index (κ3) is 4.01. The molecule has 0 unspecified atom stereocenters. The predicted molar refractivity (Wildman–Crippen MR) is 106 cm³/mol. The highest BCUT2D eigenvalue weighted by Gasteiger charge is 2.16. The van der Waals surface area contributed by atoms with E-state index in [1.165, 1.54) is 54.7 Å². The first-order chi connectivity index (χ1) is 13.2. The Kier molecular flexibility index (Phi) is 5.41. The van der Waals surface area contributed by atoms with E-state index in [1.54, 1.807) is 0 Å². The lowest BCUT2D eigenvalue weighted by atomic mass is 10.2. The third-order valence-electron chi connectivity index (χ3n) is 3.67. The molecule has 1 heterocycles. The minimum Gasteiger partial charge on any atom is -0.366 e. The number of halogens is 2. The van der Waals surface area contributed by atoms with Gasteiger partial charge in [0.1, 0.15) is 5.02 Å². The second-order valence-electron chi connectivity index (χ2n) is 5.57. The van der Waals surface area contributed by atoms with E-state index < -0.39 is 21.5 Å². The van der Waals surface area contributed by atoms with Crippen LogP contribution in [0.4, 0.5) is 5.69 Å². The van der Waals surface area contributed by atoms with Crippen LogP contribution in [0.2, 0.25) is 10.0 Å². The van der Waals surface area contributed by atoms with Gasteiger partial charge in [0.25, 0.3) is 15.6 Å². The first-order valence-corrected chi connectivity index (χ1v) is 9.89. The molecule has 3 aromatic rings. The largest absolute Gasteiger partial charge is 0.366 e. The second-order valence-corrected chi connectivity index (χ2v) is 8.04. The van der Waals surface area contributed by atoms with Crippen LogP contribution in [0.3, 0.4) is 0 Å². The predicted octanol–water partition coefficient (Wildman–Crippen LogP) is 2.44. The molecule has 0 bridgehead atoms. The van der Waals surface area contributed by atoms with Gasteiger partial charge in [-0.15, -0.1) is 0 Å². The lowest BCUT2D eigenvalue weighted by Gasteiger charge is -2.10. The van der Waals surface area contributed by atoms with Crippen LogP contribution in [0.5, 0.6) is 0 Å². The molecule has 3 rings (SSSR count). The highest BCUT2D eigenvalue weighted by Crippen LogP contribution is 2.20. The normalized spacial score (nSPS) is 11.2. The molecule has 8 nitrogen and oxygen atoms in total. The number of carbonyl (C=O) groups is 1. The van der Waals surface area contributed by atoms with Gasteiger partial charge in [0, 0.05) is 11.3 Å². The Labute approximate surface area is 169 Å². The van der Waals surface area contributed by atoms with Gasteiger partial charge in [-0.05, 0) is 42.5 Å². The quantitative estimate of drug-likeness (QED) is 0.632. The van der Waals surface area contributed by atoms with E-state index >= 15 is 0 Å². The zero-order valence-corrected chi connectivity index (χ0v) is 16.3. The Hall–Kier alpha value is -2.88. The van der Waals surface area contributed by atoms with Crippen LogP contribution in [-0.2, 0) is 10.0 Å². The van der Waals surface area contributed by atoms with Crippen molar-refractivity contribution in [3.8, 4) is 5.69 Å². The van der Waals surface area contributed by atoms with E-state index in [2.05, 4.69) is 9.82 Å². The number of nitrogens with one attached hydrogen (secondary N) is 1. The van der Waals surface area contributed by atoms with Crippen molar-refractivity contribution in [2.75, 3.05) is 4.72 Å². The minimum absolute atomic E-state index is 0.0181. The van der Waals surface area contributed by atoms with Crippen molar-refractivity contribution < 1.29 is 13.2 Å². The van der Waals surface area contributed by atoms with Crippen LogP contribution in [0.15, 0.2) is 64.4 Å². The van der Waals surface area contributed by atoms with Gasteiger partial charge in [-0.3, -0.25) is 14.3 Å². The number of amides is 1. The summed E-state index contributed by atoms with van der Waals surface area (Å²) >= 11 is 11.6. The van der Waals surface area contributed by atoms with Gasteiger partial charge in [-0.2, -0.15) is 9.78 Å². The summed E-state index contributed by atoms with van der Waals surface area (Å²) in [7, 11) is -3.94. The summed E-state index contributed by atoms with van der Waals surface area (Å²) in [5.41, 5.74) is 5.22. The van der Waals surface area contributed by atoms with Gasteiger partial charge in [0.2, 0.25) is 5.91 Å². The molecule has 0 aliphatic rings. The summed E-state index contributed by atoms with van der Waals surface area (Å²) in [6, 6.07) is 11.2. The van der Waals surface area contributed by atoms with Crippen LogP contribution < -0.4 is 16.0 Å². The molecule has 0 aliphatic carbocycles. The first-order valence-electron chi connectivity index (χ1n) is 7.65. The van der Waals surface area contributed by atoms with E-state index in [0.29, 0.717) is 5.69 Å². The van der Waals surface area contributed by atoms with E-state index in [9.17, 15) is 18.0 Å². The summed E-state index contributed by atoms with van der Waals surface area (Å²) < 4.78 is 28.4. The van der Waals surface area contributed by atoms with Crippen molar-refractivity contribution in [2.45, 2.75) is 4.90 Å². The molecule has 0 radical (unpaired) electrons. The van der Waals surface area contributed by atoms with E-state index in [4.69, 9.17) is 28.9 Å². The molecule has 0 spiro atoms. The summed E-state index contributed by atoms with van der Waals surface area (Å²) in [5, 5.41) is 3.70. The van der Waals surface area contributed by atoms with Crippen LogP contribution in [0, 0.1) is 0 Å². The van der Waals surface area contributed by atoms with Gasteiger partial charge < -0.3 is 5.73 Å². The molecular formula is C17H12Cl2N4O4S. The first kappa shape index (κ1) is 19.9. The van der Waals surface area contributed by atoms with Gasteiger partial charge in [-0.25, -0.2) is 8.42 Å². The Morgan fingerprint density at radius 1 is 1.11 bits per heavy atom. The average Bonchev–Trinajstić information content (AvgIpc) is 2.66. The summed E-state index contributed by atoms with van der Waals surface area (Å²) in [6.45, 7) is 0. The number of carbonyl (C=O) groups excluding carboxylic acids is 1. The third-order valence-corrected chi connectivity index (χ3v) is 5.81. The molecule has 2 aromatic carbocycles. The van der Waals surface area contributed by atoms with E-state index in [0.717, 1.165) is 4.68 Å². The van der Waals surface area contributed by atoms with E-state index in [-0.39, 0.29) is 26.2 Å². The average molecular weight is 439 g/mol. The molecule has 1 aromatic heterocycles. The lowest BCUT2D eigenvalue weighted by Crippen LogP contribution is -2.21. The Bertz CT molecular complexity index is 1220. The van der Waals surface area contributed by atoms with Crippen molar-refractivity contribution in [2.24, 2.45) is 5.73 Å². The number of hydrogen-bond donors (Lipinski definition) is 2. The minimum atomic E-state index is -3.94. The number of anilines is 1. The van der Waals surface area contributed by atoms with Crippen molar-refractivity contribution in [1.29, 1.82) is 0 Å². The molecule has 1 amide bonds. The summed E-state index contributed by atoms with van der Waals surface area (Å²) in [6.07, 6.45) is 1.21. The monoisotopic (exact) mass is 438 g/mol. The standard InChI is InChI=1S/C17H12Cl2N4O4S/c18-14-9-21-23(17(25)15(14)19)12-4-6-13(7-5-12)28(26,27)22-11-3-1-2-10(8-11)16(20)24/h1-9,22H,(H2,20,24). The van der Waals surface area contributed by atoms with Gasteiger partial charge in [-0.1, -0.05) is 29.3 Å². The highest BCUT2D eigenvalue weighted by atomic mass is 35.5. The zero-order valence-electron chi connectivity index (χ0n) is 14.0. The second kappa shape index (κ2) is 7.63. The maximum Gasteiger partial charge on any atom is 0.291 e. The molecule has 144 valence electrons. The topological polar surface area (TPSA) is 124 Å². The van der Waals surface area contributed by atoms with Gasteiger partial charge >= 0.3 is 0 Å². The van der Waals surface area contributed by atoms with E-state index in [1.807, 2.05) is 0 Å². The molecule has 0 fully saturated rings. The van der Waals surface area contributed by atoms with Crippen molar-refractivity contribution >= 4 is 44.8 Å². The molecule has 0 atom stereocenters. The van der Waals surface area contributed by atoms with Crippen LogP contribution >= 0.6 is 23.2 Å². The number of benzene rings is 2. The molecular weight excluding hydrogens is 427 g/mol. The van der Waals surface area contributed by atoms with Crippen molar-refractivity contribution in [1.82, 2.24) is 9.78 Å². The maximum atomic E-state index is 12.5. The van der Waals surface area contributed by atoms with Gasteiger partial charge in [0.15, 0.2) is 0 Å². The lowest BCUT2D eigenvalue weighted by molar-refractivity contribution is 0.100. The molecule has 0 aliphatic heterocycles. The number of nitrogens with two attached hydrogens (primary N) is 1. The molecule has 0 saturated carbocycles. The molecule has 28 heavy (non-hydrogen) atoms. The number of hydrogen-bond acceptors (Lipinski definition) is 5. The summed E-state index contributed by atoms with van der Waals surface area (Å²) in [4.78, 5) is 23.3. The number of rotatable bonds is 5. The van der Waals surface area contributed by atoms with Crippen molar-refractivity contribution in [3.63, 3.8) is 0 Å². The van der Waals surface area contributed by atoms with Crippen LogP contribution in [0.1, 0.15) is 10.4 Å². The molecule has 0 saturated heterocycles. The fourth-order valence-electron chi connectivity index (χ4n) is 2.31. The zero-order chi connectivity index (χ0) is 20.5. The highest BCUT2D eigenvalue weighted by molar-refractivity contribution is 7.92. The smallest absolute Gasteiger partial charge is 0.291 e. The van der Waals surface area contributed by atoms with Crippen LogP contribution in [-0.4, -0.2) is 24.1 Å². The maximum absolute atomic E-state index is 12.5. The Morgan fingerprint density at radius 3 is 2.43 bits per heavy atom. The Morgan fingerprint density at radius 2 is 1.79 bits per heavy atom. The van der Waals surface area contributed by atoms with Gasteiger partial charge in [0.05, 0.1) is 21.8 Å². The summed E-state index contributed by atoms with van der Waals surface area (Å²) in [5.74, 6) is -0.676. The number of nitrogens with zero attached hydrogens (tertiary/aromatic N) is 2. The number of sulfonamides is 1. The fraction of sp³-hybridized carbons (Fsp3) is 0. The van der Waals surface area contributed by atoms with Crippen molar-refractivity contribution in [3.05, 3.63) is 80.7 Å². The SMILES string of the molecule is NC(=O)c1cccc(NS(=O)(=O)c2ccc(-n3ncc(Cl)c(Cl)c3=O)cc2)c1.